The maximum Gasteiger partial charge on any atom is 0.269 e. The molecule has 0 bridgehead atoms. The maximum atomic E-state index is 10.6. The summed E-state index contributed by atoms with van der Waals surface area (Å²) in [5.41, 5.74) is 0.0475. The van der Waals surface area contributed by atoms with Crippen LogP contribution in [0.5, 0.6) is 5.75 Å². The maximum absolute atomic E-state index is 10.6. The first-order valence-corrected chi connectivity index (χ1v) is 8.49. The number of tetrazole rings is 1. The summed E-state index contributed by atoms with van der Waals surface area (Å²) < 4.78 is 12.5. The molecule has 0 N–H and O–H groups in total. The van der Waals surface area contributed by atoms with Gasteiger partial charge in [0.2, 0.25) is 5.16 Å². The molecule has 2 heterocycles. The molecular weight excluding hydrogens is 346 g/mol. The van der Waals surface area contributed by atoms with Crippen LogP contribution in [-0.2, 0) is 6.54 Å². The van der Waals surface area contributed by atoms with Gasteiger partial charge in [0.25, 0.3) is 5.69 Å². The van der Waals surface area contributed by atoms with Gasteiger partial charge in [0.15, 0.2) is 0 Å². The summed E-state index contributed by atoms with van der Waals surface area (Å²) in [6.45, 7) is 0.992. The summed E-state index contributed by atoms with van der Waals surface area (Å²) in [4.78, 5) is 10.2. The molecule has 0 saturated carbocycles. The van der Waals surface area contributed by atoms with E-state index < -0.39 is 4.92 Å². The third kappa shape index (κ3) is 4.80. The lowest BCUT2D eigenvalue weighted by Crippen LogP contribution is -2.04. The lowest BCUT2D eigenvalue weighted by Gasteiger charge is -2.06. The van der Waals surface area contributed by atoms with Crippen LogP contribution in [0.4, 0.5) is 5.69 Å². The van der Waals surface area contributed by atoms with Crippen LogP contribution in [-0.4, -0.2) is 37.5 Å². The van der Waals surface area contributed by atoms with Gasteiger partial charge in [0, 0.05) is 17.9 Å². The number of non-ortho nitro benzene ring substituents is 1. The minimum atomic E-state index is -0.437. The van der Waals surface area contributed by atoms with E-state index in [-0.39, 0.29) is 5.69 Å². The fourth-order valence-electron chi connectivity index (χ4n) is 2.03. The molecule has 9 nitrogen and oxygen atoms in total. The van der Waals surface area contributed by atoms with Crippen molar-refractivity contribution in [3.8, 4) is 5.75 Å². The predicted molar refractivity (Wildman–Crippen MR) is 89.6 cm³/mol. The summed E-state index contributed by atoms with van der Waals surface area (Å²) in [7, 11) is 0. The van der Waals surface area contributed by atoms with Crippen LogP contribution in [0.2, 0.25) is 0 Å². The number of thioether (sulfide) groups is 1. The van der Waals surface area contributed by atoms with Crippen molar-refractivity contribution in [2.45, 2.75) is 18.1 Å². The summed E-state index contributed by atoms with van der Waals surface area (Å²) in [5, 5.41) is 22.9. The van der Waals surface area contributed by atoms with Crippen molar-refractivity contribution in [1.82, 2.24) is 20.2 Å². The summed E-state index contributed by atoms with van der Waals surface area (Å²) >= 11 is 1.53. The second-order valence-electron chi connectivity index (χ2n) is 5.00. The zero-order chi connectivity index (χ0) is 17.5. The number of hydrogen-bond donors (Lipinski definition) is 0. The van der Waals surface area contributed by atoms with Crippen molar-refractivity contribution in [3.63, 3.8) is 0 Å². The molecule has 0 atom stereocenters. The third-order valence-electron chi connectivity index (χ3n) is 3.22. The number of nitro benzene ring substituents is 1. The van der Waals surface area contributed by atoms with Gasteiger partial charge in [-0.2, -0.15) is 0 Å². The van der Waals surface area contributed by atoms with Crippen molar-refractivity contribution in [1.29, 1.82) is 0 Å². The average molecular weight is 361 g/mol. The largest absolute Gasteiger partial charge is 0.494 e. The molecule has 0 spiro atoms. The first-order chi connectivity index (χ1) is 12.2. The Morgan fingerprint density at radius 3 is 2.84 bits per heavy atom. The van der Waals surface area contributed by atoms with E-state index in [0.717, 1.165) is 17.9 Å². The predicted octanol–water partition coefficient (Wildman–Crippen LogP) is 2.78. The number of furan rings is 1. The highest BCUT2D eigenvalue weighted by Gasteiger charge is 2.09. The van der Waals surface area contributed by atoms with E-state index in [1.807, 2.05) is 12.1 Å². The van der Waals surface area contributed by atoms with Gasteiger partial charge >= 0.3 is 0 Å². The Bertz CT molecular complexity index is 804. The molecule has 25 heavy (non-hydrogen) atoms. The molecule has 0 aliphatic heterocycles. The molecule has 0 unspecified atom stereocenters. The Labute approximate surface area is 147 Å². The van der Waals surface area contributed by atoms with Crippen LogP contribution < -0.4 is 4.74 Å². The van der Waals surface area contributed by atoms with E-state index in [0.29, 0.717) is 24.1 Å². The van der Waals surface area contributed by atoms with E-state index in [4.69, 9.17) is 9.15 Å². The molecule has 3 aromatic rings. The highest BCUT2D eigenvalue weighted by molar-refractivity contribution is 7.99. The number of rotatable bonds is 9. The zero-order valence-electron chi connectivity index (χ0n) is 13.1. The van der Waals surface area contributed by atoms with E-state index in [1.165, 1.54) is 23.9 Å². The third-order valence-corrected chi connectivity index (χ3v) is 4.26. The number of aromatic nitrogens is 4. The Morgan fingerprint density at radius 1 is 1.28 bits per heavy atom. The molecule has 0 radical (unpaired) electrons. The highest BCUT2D eigenvalue weighted by atomic mass is 32.2. The molecule has 10 heteroatoms. The Hall–Kier alpha value is -2.88. The van der Waals surface area contributed by atoms with E-state index in [1.54, 1.807) is 23.1 Å². The van der Waals surface area contributed by atoms with Gasteiger partial charge in [-0.1, -0.05) is 11.8 Å². The van der Waals surface area contributed by atoms with Crippen molar-refractivity contribution in [2.75, 3.05) is 12.4 Å². The number of nitrogens with zero attached hydrogens (tertiary/aromatic N) is 5. The van der Waals surface area contributed by atoms with E-state index in [9.17, 15) is 10.1 Å². The van der Waals surface area contributed by atoms with E-state index >= 15 is 0 Å². The number of benzene rings is 1. The van der Waals surface area contributed by atoms with Crippen LogP contribution >= 0.6 is 11.8 Å². The Morgan fingerprint density at radius 2 is 2.12 bits per heavy atom. The lowest BCUT2D eigenvalue weighted by atomic mass is 10.3. The zero-order valence-corrected chi connectivity index (χ0v) is 14.0. The topological polar surface area (TPSA) is 109 Å². The fourth-order valence-corrected chi connectivity index (χ4v) is 2.81. The van der Waals surface area contributed by atoms with Crippen molar-refractivity contribution >= 4 is 17.4 Å². The normalized spacial score (nSPS) is 10.7. The number of nitro groups is 1. The molecule has 0 amide bonds. The van der Waals surface area contributed by atoms with Crippen molar-refractivity contribution in [2.24, 2.45) is 0 Å². The van der Waals surface area contributed by atoms with Crippen LogP contribution in [0.1, 0.15) is 12.2 Å². The second kappa shape index (κ2) is 8.29. The van der Waals surface area contributed by atoms with Gasteiger partial charge in [-0.15, -0.1) is 5.10 Å². The molecule has 0 fully saturated rings. The van der Waals surface area contributed by atoms with Gasteiger partial charge < -0.3 is 9.15 Å². The molecule has 3 rings (SSSR count). The van der Waals surface area contributed by atoms with Crippen molar-refractivity contribution < 1.29 is 14.1 Å². The van der Waals surface area contributed by atoms with Crippen LogP contribution in [0, 0.1) is 10.1 Å². The van der Waals surface area contributed by atoms with Crippen LogP contribution in [0.3, 0.4) is 0 Å². The molecule has 130 valence electrons. The fraction of sp³-hybridized carbons (Fsp3) is 0.267. The van der Waals surface area contributed by atoms with Gasteiger partial charge in [0.1, 0.15) is 18.1 Å². The molecule has 1 aromatic carbocycles. The van der Waals surface area contributed by atoms with Gasteiger partial charge in [-0.3, -0.25) is 10.1 Å². The van der Waals surface area contributed by atoms with E-state index in [2.05, 4.69) is 15.5 Å². The molecular formula is C15H15N5O4S. The Kier molecular flexibility index (Phi) is 5.62. The molecule has 0 saturated heterocycles. The first kappa shape index (κ1) is 17.0. The minimum Gasteiger partial charge on any atom is -0.494 e. The quantitative estimate of drug-likeness (QED) is 0.248. The smallest absolute Gasteiger partial charge is 0.269 e. The van der Waals surface area contributed by atoms with Gasteiger partial charge in [-0.05, 0) is 41.1 Å². The SMILES string of the molecule is O=[N+]([O-])c1ccc(OCCCSc2nnnn2Cc2ccco2)cc1. The highest BCUT2D eigenvalue weighted by Crippen LogP contribution is 2.19. The monoisotopic (exact) mass is 361 g/mol. The summed E-state index contributed by atoms with van der Waals surface area (Å²) in [6, 6.07) is 9.72. The standard InChI is InChI=1S/C15H15N5O4S/c21-20(22)12-4-6-13(7-5-12)23-9-2-10-25-15-16-17-18-19(15)11-14-3-1-8-24-14/h1,3-8H,2,9-11H2. The average Bonchev–Trinajstić information content (AvgIpc) is 3.28. The van der Waals surface area contributed by atoms with Crippen molar-refractivity contribution in [3.05, 3.63) is 58.5 Å². The number of ether oxygens (including phenoxy) is 1. The van der Waals surface area contributed by atoms with Crippen LogP contribution in [0.25, 0.3) is 0 Å². The summed E-state index contributed by atoms with van der Waals surface area (Å²) in [6.07, 6.45) is 2.40. The molecule has 0 aliphatic carbocycles. The second-order valence-corrected chi connectivity index (χ2v) is 6.06. The lowest BCUT2D eigenvalue weighted by molar-refractivity contribution is -0.384. The Balaban J connectivity index is 1.40. The molecule has 0 aliphatic rings. The van der Waals surface area contributed by atoms with Crippen LogP contribution in [0.15, 0.2) is 52.2 Å². The number of hydrogen-bond acceptors (Lipinski definition) is 8. The van der Waals surface area contributed by atoms with Gasteiger partial charge in [0.05, 0.1) is 17.8 Å². The first-order valence-electron chi connectivity index (χ1n) is 7.51. The summed E-state index contributed by atoms with van der Waals surface area (Å²) in [5.74, 6) is 2.18. The minimum absolute atomic E-state index is 0.0475. The molecule has 2 aromatic heterocycles. The van der Waals surface area contributed by atoms with Gasteiger partial charge in [-0.25, -0.2) is 4.68 Å².